The van der Waals surface area contributed by atoms with Gasteiger partial charge in [-0.2, -0.15) is 5.10 Å². The Bertz CT molecular complexity index is 775. The van der Waals surface area contributed by atoms with Crippen molar-refractivity contribution in [3.05, 3.63) is 65.7 Å². The topological polar surface area (TPSA) is 63.1 Å². The van der Waals surface area contributed by atoms with Crippen molar-refractivity contribution in [3.63, 3.8) is 0 Å². The fourth-order valence-corrected chi connectivity index (χ4v) is 3.30. The van der Waals surface area contributed by atoms with E-state index in [9.17, 15) is 4.79 Å². The highest BCUT2D eigenvalue weighted by molar-refractivity contribution is 8.15. The lowest BCUT2D eigenvalue weighted by molar-refractivity contribution is -0.118. The van der Waals surface area contributed by atoms with Crippen LogP contribution >= 0.6 is 11.8 Å². The van der Waals surface area contributed by atoms with Gasteiger partial charge in [0.05, 0.1) is 18.6 Å². The highest BCUT2D eigenvalue weighted by Crippen LogP contribution is 2.23. The average Bonchev–Trinajstić information content (AvgIpc) is 2.96. The molecule has 2 aromatic rings. The van der Waals surface area contributed by atoms with E-state index in [1.165, 1.54) is 11.8 Å². The molecule has 1 N–H and O–H groups in total. The van der Waals surface area contributed by atoms with E-state index in [0.29, 0.717) is 11.6 Å². The lowest BCUT2D eigenvalue weighted by Gasteiger charge is -2.04. The molecule has 1 aliphatic rings. The van der Waals surface area contributed by atoms with Gasteiger partial charge in [-0.1, -0.05) is 54.2 Å². The molecule has 0 aliphatic carbocycles. The van der Waals surface area contributed by atoms with Gasteiger partial charge in [-0.25, -0.2) is 0 Å². The Morgan fingerprint density at radius 3 is 2.71 bits per heavy atom. The van der Waals surface area contributed by atoms with Gasteiger partial charge in [-0.05, 0) is 24.1 Å². The van der Waals surface area contributed by atoms with Crippen molar-refractivity contribution in [2.45, 2.75) is 11.7 Å². The van der Waals surface area contributed by atoms with Gasteiger partial charge in [0.25, 0.3) is 0 Å². The minimum atomic E-state index is -0.174. The fourth-order valence-electron chi connectivity index (χ4n) is 2.33. The van der Waals surface area contributed by atoms with Crippen LogP contribution in [0.3, 0.4) is 0 Å². The van der Waals surface area contributed by atoms with Gasteiger partial charge < -0.3 is 10.1 Å². The molecule has 6 heteroatoms. The van der Waals surface area contributed by atoms with Crippen LogP contribution in [0.4, 0.5) is 0 Å². The first kappa shape index (κ1) is 16.3. The molecule has 2 aromatic carbocycles. The number of amidine groups is 1. The summed E-state index contributed by atoms with van der Waals surface area (Å²) in [6.07, 6.45) is 2.29. The predicted molar refractivity (Wildman–Crippen MR) is 97.7 cm³/mol. The molecular weight excluding hydrogens is 322 g/mol. The zero-order chi connectivity index (χ0) is 16.8. The molecule has 1 amide bonds. The van der Waals surface area contributed by atoms with Crippen LogP contribution in [0.15, 0.2) is 64.8 Å². The van der Waals surface area contributed by atoms with Crippen LogP contribution in [0.2, 0.25) is 0 Å². The van der Waals surface area contributed by atoms with Crippen LogP contribution < -0.4 is 10.1 Å². The Morgan fingerprint density at radius 2 is 1.92 bits per heavy atom. The third-order valence-electron chi connectivity index (χ3n) is 3.52. The van der Waals surface area contributed by atoms with E-state index < -0.39 is 0 Å². The van der Waals surface area contributed by atoms with E-state index in [1.807, 2.05) is 54.6 Å². The van der Waals surface area contributed by atoms with Gasteiger partial charge >= 0.3 is 0 Å². The second kappa shape index (κ2) is 7.79. The summed E-state index contributed by atoms with van der Waals surface area (Å²) in [5.74, 6) is 0.696. The number of thioether (sulfide) groups is 1. The van der Waals surface area contributed by atoms with E-state index in [-0.39, 0.29) is 11.2 Å². The van der Waals surface area contributed by atoms with Crippen molar-refractivity contribution < 1.29 is 9.53 Å². The lowest BCUT2D eigenvalue weighted by atomic mass is 10.1. The molecule has 0 aromatic heterocycles. The summed E-state index contributed by atoms with van der Waals surface area (Å²) in [7, 11) is 1.61. The van der Waals surface area contributed by atoms with Crippen LogP contribution in [0, 0.1) is 0 Å². The summed E-state index contributed by atoms with van der Waals surface area (Å²) in [5.41, 5.74) is 1.96. The third kappa shape index (κ3) is 4.02. The molecule has 3 rings (SSSR count). The monoisotopic (exact) mass is 339 g/mol. The summed E-state index contributed by atoms with van der Waals surface area (Å²) in [4.78, 5) is 12.0. The van der Waals surface area contributed by atoms with Gasteiger partial charge in [0.1, 0.15) is 5.75 Å². The number of nitrogens with zero attached hydrogens (tertiary/aromatic N) is 2. The Kier molecular flexibility index (Phi) is 5.28. The quantitative estimate of drug-likeness (QED) is 0.673. The summed E-state index contributed by atoms with van der Waals surface area (Å²) in [5, 5.41) is 11.3. The Hall–Kier alpha value is -2.60. The highest BCUT2D eigenvalue weighted by Gasteiger charge is 2.30. The predicted octanol–water partition coefficient (Wildman–Crippen LogP) is 2.86. The largest absolute Gasteiger partial charge is 0.496 e. The molecule has 122 valence electrons. The number of ether oxygens (including phenoxy) is 1. The third-order valence-corrected chi connectivity index (χ3v) is 4.60. The molecule has 1 atom stereocenters. The van der Waals surface area contributed by atoms with Crippen LogP contribution in [-0.4, -0.2) is 29.6 Å². The molecule has 24 heavy (non-hydrogen) atoms. The first-order chi connectivity index (χ1) is 11.8. The summed E-state index contributed by atoms with van der Waals surface area (Å²) < 4.78 is 5.25. The Morgan fingerprint density at radius 1 is 1.17 bits per heavy atom. The molecule has 0 bridgehead atoms. The number of hydrogen-bond donors (Lipinski definition) is 1. The summed E-state index contributed by atoms with van der Waals surface area (Å²) >= 11 is 1.40. The molecule has 1 aliphatic heterocycles. The zero-order valence-corrected chi connectivity index (χ0v) is 14.0. The smallest absolute Gasteiger partial charge is 0.239 e. The number of nitrogens with one attached hydrogen (secondary N) is 1. The van der Waals surface area contributed by atoms with Crippen molar-refractivity contribution in [3.8, 4) is 5.75 Å². The van der Waals surface area contributed by atoms with Gasteiger partial charge in [-0.3, -0.25) is 4.79 Å². The standard InChI is InChI=1S/C18H17N3O2S/c1-23-15-10-6-5-9-14(15)12-19-21-18-20-17(22)16(24-18)11-13-7-3-2-4-8-13/h2-10,12,16H,11H2,1H3,(H,20,21,22)/b19-12+/t16-/m0/s1. The number of rotatable bonds is 5. The minimum Gasteiger partial charge on any atom is -0.496 e. The number of methoxy groups -OCH3 is 1. The second-order valence-electron chi connectivity index (χ2n) is 5.18. The molecule has 0 radical (unpaired) electrons. The van der Waals surface area contributed by atoms with E-state index >= 15 is 0 Å². The van der Waals surface area contributed by atoms with Crippen molar-refractivity contribution in [2.24, 2.45) is 10.2 Å². The number of benzene rings is 2. The Balaban J connectivity index is 1.65. The molecule has 1 heterocycles. The number of amides is 1. The summed E-state index contributed by atoms with van der Waals surface area (Å²) in [6, 6.07) is 17.5. The van der Waals surface area contributed by atoms with E-state index in [0.717, 1.165) is 16.9 Å². The van der Waals surface area contributed by atoms with Gasteiger partial charge in [0.15, 0.2) is 5.17 Å². The fraction of sp³-hybridized carbons (Fsp3) is 0.167. The Labute approximate surface area is 144 Å². The van der Waals surface area contributed by atoms with Crippen molar-refractivity contribution in [1.82, 2.24) is 5.32 Å². The van der Waals surface area contributed by atoms with Crippen LogP contribution in [0.25, 0.3) is 0 Å². The van der Waals surface area contributed by atoms with Gasteiger partial charge in [0, 0.05) is 5.56 Å². The highest BCUT2D eigenvalue weighted by atomic mass is 32.2. The minimum absolute atomic E-state index is 0.0323. The lowest BCUT2D eigenvalue weighted by Crippen LogP contribution is -2.25. The molecule has 0 saturated carbocycles. The zero-order valence-electron chi connectivity index (χ0n) is 13.2. The first-order valence-electron chi connectivity index (χ1n) is 7.52. The average molecular weight is 339 g/mol. The number of para-hydroxylation sites is 1. The van der Waals surface area contributed by atoms with Gasteiger partial charge in [0.2, 0.25) is 5.91 Å². The maximum absolute atomic E-state index is 12.0. The molecule has 1 fully saturated rings. The molecular formula is C18H17N3O2S. The van der Waals surface area contributed by atoms with Crippen LogP contribution in [-0.2, 0) is 11.2 Å². The number of hydrogen-bond acceptors (Lipinski definition) is 5. The molecule has 0 unspecified atom stereocenters. The van der Waals surface area contributed by atoms with E-state index in [1.54, 1.807) is 13.3 Å². The van der Waals surface area contributed by atoms with Gasteiger partial charge in [-0.15, -0.1) is 5.10 Å². The maximum Gasteiger partial charge on any atom is 0.239 e. The number of carbonyl (C=O) groups excluding carboxylic acids is 1. The first-order valence-corrected chi connectivity index (χ1v) is 8.39. The maximum atomic E-state index is 12.0. The van der Waals surface area contributed by atoms with Crippen LogP contribution in [0.5, 0.6) is 5.75 Å². The second-order valence-corrected chi connectivity index (χ2v) is 6.37. The van der Waals surface area contributed by atoms with Crippen molar-refractivity contribution in [2.75, 3.05) is 7.11 Å². The number of carbonyl (C=O) groups is 1. The molecule has 0 spiro atoms. The van der Waals surface area contributed by atoms with E-state index in [2.05, 4.69) is 15.5 Å². The van der Waals surface area contributed by atoms with E-state index in [4.69, 9.17) is 4.74 Å². The SMILES string of the molecule is COc1ccccc1/C=N/N=C1/NC(=O)[C@H](Cc2ccccc2)S1. The molecule has 5 nitrogen and oxygen atoms in total. The normalized spacial score (nSPS) is 19.0. The summed E-state index contributed by atoms with van der Waals surface area (Å²) in [6.45, 7) is 0. The van der Waals surface area contributed by atoms with Crippen molar-refractivity contribution in [1.29, 1.82) is 0 Å². The van der Waals surface area contributed by atoms with Crippen LogP contribution in [0.1, 0.15) is 11.1 Å². The molecule has 1 saturated heterocycles. The van der Waals surface area contributed by atoms with Crippen molar-refractivity contribution >= 4 is 29.1 Å².